The van der Waals surface area contributed by atoms with Crippen LogP contribution in [0.5, 0.6) is 0 Å². The molecule has 3 aliphatic rings. The molecule has 0 aliphatic carbocycles. The van der Waals surface area contributed by atoms with Crippen LogP contribution in [0.1, 0.15) is 12.8 Å². The summed E-state index contributed by atoms with van der Waals surface area (Å²) in [5.74, 6) is -0.915. The highest BCUT2D eigenvalue weighted by Crippen LogP contribution is 2.23. The van der Waals surface area contributed by atoms with Crippen molar-refractivity contribution in [2.45, 2.75) is 25.0 Å². The molecule has 0 aromatic carbocycles. The van der Waals surface area contributed by atoms with Crippen molar-refractivity contribution >= 4 is 11.9 Å². The van der Waals surface area contributed by atoms with Crippen LogP contribution in [0.15, 0.2) is 0 Å². The fraction of sp³-hybridized carbons (Fsp3) is 0.833. The molecule has 3 aliphatic heterocycles. The van der Waals surface area contributed by atoms with Gasteiger partial charge in [0.2, 0.25) is 0 Å². The maximum Gasteiger partial charge on any atom is 0.327 e. The van der Waals surface area contributed by atoms with Gasteiger partial charge in [0.25, 0.3) is 0 Å². The Morgan fingerprint density at radius 3 is 2.78 bits per heavy atom. The van der Waals surface area contributed by atoms with E-state index in [4.69, 9.17) is 4.74 Å². The van der Waals surface area contributed by atoms with E-state index in [1.54, 1.807) is 0 Å². The molecule has 2 atom stereocenters. The average Bonchev–Trinajstić information content (AvgIpc) is 2.74. The first-order valence-electron chi connectivity index (χ1n) is 6.52. The summed E-state index contributed by atoms with van der Waals surface area (Å²) in [6.07, 6.45) is 2.56. The minimum Gasteiger partial charge on any atom is -0.391 e. The molecule has 6 nitrogen and oxygen atoms in total. The van der Waals surface area contributed by atoms with E-state index in [-0.39, 0.29) is 19.2 Å². The van der Waals surface area contributed by atoms with Crippen molar-refractivity contribution in [3.8, 4) is 0 Å². The van der Waals surface area contributed by atoms with E-state index in [0.29, 0.717) is 12.6 Å². The van der Waals surface area contributed by atoms with E-state index >= 15 is 0 Å². The molecule has 3 heterocycles. The molecule has 0 aromatic heterocycles. The van der Waals surface area contributed by atoms with Crippen molar-refractivity contribution < 1.29 is 19.1 Å². The molecule has 0 saturated carbocycles. The maximum atomic E-state index is 11.2. The summed E-state index contributed by atoms with van der Waals surface area (Å²) in [6, 6.07) is 0.578. The average molecular weight is 254 g/mol. The van der Waals surface area contributed by atoms with Gasteiger partial charge in [-0.05, 0) is 19.4 Å². The second kappa shape index (κ2) is 4.95. The van der Waals surface area contributed by atoms with E-state index in [0.717, 1.165) is 19.7 Å². The smallest absolute Gasteiger partial charge is 0.327 e. The van der Waals surface area contributed by atoms with E-state index in [1.165, 1.54) is 12.8 Å². The first kappa shape index (κ1) is 12.1. The zero-order chi connectivity index (χ0) is 12.5. The lowest BCUT2D eigenvalue weighted by Gasteiger charge is -2.37. The number of cyclic esters (lactones) is 2. The Bertz CT molecular complexity index is 344. The molecule has 0 spiro atoms. The Balaban J connectivity index is 1.53. The molecule has 0 N–H and O–H groups in total. The van der Waals surface area contributed by atoms with E-state index in [2.05, 4.69) is 9.64 Å². The molecular weight excluding hydrogens is 236 g/mol. The number of carbonyl (C=O) groups is 2. The predicted molar refractivity (Wildman–Crippen MR) is 61.9 cm³/mol. The van der Waals surface area contributed by atoms with Gasteiger partial charge in [0.15, 0.2) is 0 Å². The van der Waals surface area contributed by atoms with E-state index < -0.39 is 11.9 Å². The predicted octanol–water partition coefficient (Wildman–Crippen LogP) is -0.765. The zero-order valence-corrected chi connectivity index (χ0v) is 10.3. The van der Waals surface area contributed by atoms with Crippen LogP contribution in [0.3, 0.4) is 0 Å². The van der Waals surface area contributed by atoms with Crippen molar-refractivity contribution in [3.63, 3.8) is 0 Å². The number of ether oxygens (including phenoxy) is 2. The molecule has 0 aromatic rings. The monoisotopic (exact) mass is 254 g/mol. The Morgan fingerprint density at radius 1 is 1.22 bits per heavy atom. The van der Waals surface area contributed by atoms with Gasteiger partial charge in [0, 0.05) is 19.1 Å². The molecular formula is C12H18N2O4. The van der Waals surface area contributed by atoms with Crippen LogP contribution in [-0.2, 0) is 19.1 Å². The Kier molecular flexibility index (Phi) is 3.32. The Labute approximate surface area is 106 Å². The number of rotatable bonds is 2. The number of esters is 2. The third-order valence-corrected chi connectivity index (χ3v) is 3.86. The SMILES string of the molecule is O=C1CN(CC2CN3CCCC3CO2)CC(=O)O1. The molecule has 3 saturated heterocycles. The van der Waals surface area contributed by atoms with Gasteiger partial charge in [-0.3, -0.25) is 19.4 Å². The van der Waals surface area contributed by atoms with Crippen LogP contribution in [0.4, 0.5) is 0 Å². The number of carbonyl (C=O) groups excluding carboxylic acids is 2. The van der Waals surface area contributed by atoms with Crippen LogP contribution >= 0.6 is 0 Å². The van der Waals surface area contributed by atoms with Crippen molar-refractivity contribution in [2.24, 2.45) is 0 Å². The summed E-state index contributed by atoms with van der Waals surface area (Å²) in [5.41, 5.74) is 0. The Morgan fingerprint density at radius 2 is 2.00 bits per heavy atom. The van der Waals surface area contributed by atoms with Gasteiger partial charge in [-0.1, -0.05) is 0 Å². The minimum absolute atomic E-state index is 0.0954. The number of hydrogen-bond donors (Lipinski definition) is 0. The third-order valence-electron chi connectivity index (χ3n) is 3.86. The summed E-state index contributed by atoms with van der Waals surface area (Å²) in [5, 5.41) is 0. The van der Waals surface area contributed by atoms with Gasteiger partial charge in [0.1, 0.15) is 0 Å². The largest absolute Gasteiger partial charge is 0.391 e. The number of morpholine rings is 2. The highest BCUT2D eigenvalue weighted by atomic mass is 16.6. The van der Waals surface area contributed by atoms with Gasteiger partial charge in [-0.15, -0.1) is 0 Å². The second-order valence-electron chi connectivity index (χ2n) is 5.26. The molecule has 0 bridgehead atoms. The first-order chi connectivity index (χ1) is 8.70. The summed E-state index contributed by atoms with van der Waals surface area (Å²) in [4.78, 5) is 26.6. The normalized spacial score (nSPS) is 34.4. The number of hydrogen-bond acceptors (Lipinski definition) is 6. The van der Waals surface area contributed by atoms with Gasteiger partial charge >= 0.3 is 11.9 Å². The lowest BCUT2D eigenvalue weighted by Crippen LogP contribution is -2.53. The Hall–Kier alpha value is -0.980. The van der Waals surface area contributed by atoms with Gasteiger partial charge in [0.05, 0.1) is 25.8 Å². The van der Waals surface area contributed by atoms with Crippen LogP contribution in [0, 0.1) is 0 Å². The van der Waals surface area contributed by atoms with Gasteiger partial charge < -0.3 is 9.47 Å². The molecule has 0 radical (unpaired) electrons. The summed E-state index contributed by atoms with van der Waals surface area (Å²) < 4.78 is 10.3. The summed E-state index contributed by atoms with van der Waals surface area (Å²) >= 11 is 0. The molecule has 6 heteroatoms. The number of fused-ring (bicyclic) bond motifs is 1. The van der Waals surface area contributed by atoms with Crippen molar-refractivity contribution in [1.82, 2.24) is 9.80 Å². The lowest BCUT2D eigenvalue weighted by molar-refractivity contribution is -0.168. The number of nitrogens with zero attached hydrogens (tertiary/aromatic N) is 2. The van der Waals surface area contributed by atoms with Crippen LogP contribution < -0.4 is 0 Å². The molecule has 18 heavy (non-hydrogen) atoms. The highest BCUT2D eigenvalue weighted by molar-refractivity contribution is 5.90. The van der Waals surface area contributed by atoms with Crippen LogP contribution in [0.2, 0.25) is 0 Å². The minimum atomic E-state index is -0.457. The zero-order valence-electron chi connectivity index (χ0n) is 10.3. The molecule has 3 rings (SSSR count). The van der Waals surface area contributed by atoms with Crippen molar-refractivity contribution in [1.29, 1.82) is 0 Å². The topological polar surface area (TPSA) is 59.1 Å². The third kappa shape index (κ3) is 2.55. The fourth-order valence-electron chi connectivity index (χ4n) is 3.03. The molecule has 100 valence electrons. The fourth-order valence-corrected chi connectivity index (χ4v) is 3.03. The second-order valence-corrected chi connectivity index (χ2v) is 5.26. The molecule has 0 amide bonds. The van der Waals surface area contributed by atoms with Crippen LogP contribution in [0.25, 0.3) is 0 Å². The first-order valence-corrected chi connectivity index (χ1v) is 6.52. The van der Waals surface area contributed by atoms with Crippen molar-refractivity contribution in [3.05, 3.63) is 0 Å². The van der Waals surface area contributed by atoms with Crippen molar-refractivity contribution in [2.75, 3.05) is 39.3 Å². The van der Waals surface area contributed by atoms with E-state index in [1.807, 2.05) is 4.90 Å². The maximum absolute atomic E-state index is 11.2. The van der Waals surface area contributed by atoms with Gasteiger partial charge in [-0.2, -0.15) is 0 Å². The molecule has 3 fully saturated rings. The lowest BCUT2D eigenvalue weighted by atomic mass is 10.2. The van der Waals surface area contributed by atoms with Gasteiger partial charge in [-0.25, -0.2) is 0 Å². The van der Waals surface area contributed by atoms with Crippen LogP contribution in [-0.4, -0.2) is 73.2 Å². The standard InChI is InChI=1S/C12H18N2O4/c15-11-6-13(7-12(16)18-11)4-10-5-14-3-1-2-9(14)8-17-10/h9-10H,1-8H2. The summed E-state index contributed by atoms with van der Waals surface area (Å²) in [6.45, 7) is 3.83. The summed E-state index contributed by atoms with van der Waals surface area (Å²) in [7, 11) is 0. The highest BCUT2D eigenvalue weighted by Gasteiger charge is 2.34. The quantitative estimate of drug-likeness (QED) is 0.477. The molecule has 2 unspecified atom stereocenters. The van der Waals surface area contributed by atoms with E-state index in [9.17, 15) is 9.59 Å².